The van der Waals surface area contributed by atoms with E-state index in [1.807, 2.05) is 0 Å². The number of hydrogen-bond acceptors (Lipinski definition) is 15. The van der Waals surface area contributed by atoms with Crippen molar-refractivity contribution in [3.8, 4) is 11.5 Å². The summed E-state index contributed by atoms with van der Waals surface area (Å²) in [7, 11) is -2.24. The molecule has 2 aromatic rings. The van der Waals surface area contributed by atoms with Crippen molar-refractivity contribution in [3.05, 3.63) is 53.1 Å². The summed E-state index contributed by atoms with van der Waals surface area (Å²) in [6.45, 7) is 6.24. The molecule has 17 nitrogen and oxygen atoms in total. The lowest BCUT2D eigenvalue weighted by molar-refractivity contribution is -0.0196. The first-order valence-electron chi connectivity index (χ1n) is 17.1. The lowest BCUT2D eigenvalue weighted by atomic mass is 10.1. The Morgan fingerprint density at radius 3 is 1.83 bits per heavy atom. The molecule has 3 rings (SSSR count). The van der Waals surface area contributed by atoms with Crippen LogP contribution in [-0.4, -0.2) is 155 Å². The number of anilines is 1. The number of amides is 3. The van der Waals surface area contributed by atoms with E-state index in [1.54, 1.807) is 25.1 Å². The summed E-state index contributed by atoms with van der Waals surface area (Å²) in [5, 5.41) is 11.1. The van der Waals surface area contributed by atoms with Gasteiger partial charge in [-0.3, -0.25) is 19.8 Å². The molecule has 0 aliphatic carbocycles. The van der Waals surface area contributed by atoms with Gasteiger partial charge in [0.2, 0.25) is 0 Å². The number of imide groups is 1. The Hall–Kier alpha value is -3.88. The molecule has 0 fully saturated rings. The SMILES string of the molecule is CCOc1cc(C(CS(C)(=O)=O)N2C(=O)c3cccc(NC(=O)OCCOCCOCCOCCOCCOCCOCCO)c3C2=O)ccc1OC. The summed E-state index contributed by atoms with van der Waals surface area (Å²) in [5.74, 6) is -1.30. The minimum absolute atomic E-state index is 0.00568. The van der Waals surface area contributed by atoms with E-state index in [4.69, 9.17) is 47.7 Å². The first kappa shape index (κ1) is 43.5. The maximum Gasteiger partial charge on any atom is 0.411 e. The van der Waals surface area contributed by atoms with Crippen molar-refractivity contribution in [1.29, 1.82) is 0 Å². The van der Waals surface area contributed by atoms with Crippen LogP contribution in [0, 0.1) is 0 Å². The first-order valence-corrected chi connectivity index (χ1v) is 19.2. The van der Waals surface area contributed by atoms with Crippen LogP contribution < -0.4 is 14.8 Å². The monoisotopic (exact) mass is 770 g/mol. The highest BCUT2D eigenvalue weighted by Gasteiger charge is 2.43. The lowest BCUT2D eigenvalue weighted by Crippen LogP contribution is -2.37. The molecular weight excluding hydrogens is 720 g/mol. The van der Waals surface area contributed by atoms with E-state index in [0.717, 1.165) is 11.2 Å². The number of nitrogens with one attached hydrogen (secondary N) is 1. The van der Waals surface area contributed by atoms with Gasteiger partial charge >= 0.3 is 6.09 Å². The molecule has 296 valence electrons. The third-order valence-corrected chi connectivity index (χ3v) is 8.31. The molecule has 0 saturated carbocycles. The predicted octanol–water partition coefficient (Wildman–Crippen LogP) is 2.12. The van der Waals surface area contributed by atoms with E-state index >= 15 is 0 Å². The Bertz CT molecular complexity index is 1560. The molecule has 1 aliphatic heterocycles. The van der Waals surface area contributed by atoms with Crippen LogP contribution in [0.1, 0.15) is 39.2 Å². The van der Waals surface area contributed by atoms with Crippen molar-refractivity contribution >= 4 is 33.4 Å². The van der Waals surface area contributed by atoms with Gasteiger partial charge in [0, 0.05) is 6.26 Å². The van der Waals surface area contributed by atoms with E-state index < -0.39 is 39.5 Å². The summed E-state index contributed by atoms with van der Waals surface area (Å²) in [6.07, 6.45) is 0.139. The molecule has 53 heavy (non-hydrogen) atoms. The molecule has 0 saturated heterocycles. The van der Waals surface area contributed by atoms with Gasteiger partial charge in [-0.2, -0.15) is 0 Å². The smallest absolute Gasteiger partial charge is 0.411 e. The number of fused-ring (bicyclic) bond motifs is 1. The molecule has 2 aromatic carbocycles. The van der Waals surface area contributed by atoms with Gasteiger partial charge in [0.25, 0.3) is 11.8 Å². The molecule has 0 spiro atoms. The molecule has 0 aromatic heterocycles. The maximum absolute atomic E-state index is 13.8. The largest absolute Gasteiger partial charge is 0.493 e. The number of ether oxygens (including phenoxy) is 9. The summed E-state index contributed by atoms with van der Waals surface area (Å²) < 4.78 is 73.2. The van der Waals surface area contributed by atoms with Crippen LogP contribution in [-0.2, 0) is 43.0 Å². The number of carbonyl (C=O) groups excluding carboxylic acids is 3. The van der Waals surface area contributed by atoms with Crippen molar-refractivity contribution < 1.29 is 70.5 Å². The minimum atomic E-state index is -3.69. The van der Waals surface area contributed by atoms with Crippen LogP contribution in [0.5, 0.6) is 11.5 Å². The van der Waals surface area contributed by atoms with E-state index in [2.05, 4.69) is 5.32 Å². The Morgan fingerprint density at radius 1 is 0.774 bits per heavy atom. The van der Waals surface area contributed by atoms with Gasteiger partial charge in [-0.1, -0.05) is 12.1 Å². The molecule has 0 bridgehead atoms. The lowest BCUT2D eigenvalue weighted by Gasteiger charge is -2.27. The highest BCUT2D eigenvalue weighted by molar-refractivity contribution is 7.90. The summed E-state index contributed by atoms with van der Waals surface area (Å²) in [5.41, 5.74) is 0.301. The molecule has 2 N–H and O–H groups in total. The molecule has 3 amide bonds. The van der Waals surface area contributed by atoms with Crippen molar-refractivity contribution in [1.82, 2.24) is 4.90 Å². The molecule has 1 aliphatic rings. The number of carbonyl (C=O) groups is 3. The standard InChI is InChI=1S/C35H50N2O15S/c1-4-51-31-24-26(8-9-30(31)44-2)29(25-53(3,42)43)37-33(39)27-6-5-7-28(32(27)34(37)40)36-35(41)52-23-22-50-21-20-49-19-18-48-17-16-47-15-14-46-13-12-45-11-10-38/h5-9,24,29,38H,4,10-23,25H2,1-3H3,(H,36,41). The zero-order chi connectivity index (χ0) is 38.5. The molecule has 0 radical (unpaired) electrons. The number of methoxy groups -OCH3 is 1. The number of aliphatic hydroxyl groups is 1. The molecule has 1 unspecified atom stereocenters. The highest BCUT2D eigenvalue weighted by Crippen LogP contribution is 2.38. The van der Waals surface area contributed by atoms with Gasteiger partial charge in [0.15, 0.2) is 11.5 Å². The molecule has 18 heteroatoms. The van der Waals surface area contributed by atoms with Gasteiger partial charge in [-0.05, 0) is 36.8 Å². The minimum Gasteiger partial charge on any atom is -0.493 e. The van der Waals surface area contributed by atoms with Crippen LogP contribution in [0.3, 0.4) is 0 Å². The second-order valence-electron chi connectivity index (χ2n) is 11.3. The molecular formula is C35H50N2O15S. The third-order valence-electron chi connectivity index (χ3n) is 7.38. The number of rotatable bonds is 28. The fourth-order valence-corrected chi connectivity index (χ4v) is 5.99. The molecule has 1 heterocycles. The number of sulfone groups is 1. The predicted molar refractivity (Wildman–Crippen MR) is 191 cm³/mol. The molecule has 1 atom stereocenters. The number of benzene rings is 2. The zero-order valence-corrected chi connectivity index (χ0v) is 31.2. The van der Waals surface area contributed by atoms with E-state index in [1.165, 1.54) is 25.3 Å². The second kappa shape index (κ2) is 23.7. The Morgan fingerprint density at radius 2 is 1.32 bits per heavy atom. The van der Waals surface area contributed by atoms with Crippen LogP contribution in [0.2, 0.25) is 0 Å². The third kappa shape index (κ3) is 14.8. The summed E-state index contributed by atoms with van der Waals surface area (Å²) in [6, 6.07) is 7.87. The van der Waals surface area contributed by atoms with E-state index in [-0.39, 0.29) is 43.2 Å². The quantitative estimate of drug-likeness (QED) is 0.0940. The van der Waals surface area contributed by atoms with Crippen LogP contribution >= 0.6 is 0 Å². The normalized spacial score (nSPS) is 13.2. The van der Waals surface area contributed by atoms with Crippen molar-refractivity contribution in [2.45, 2.75) is 13.0 Å². The summed E-state index contributed by atoms with van der Waals surface area (Å²) in [4.78, 5) is 40.9. The van der Waals surface area contributed by atoms with Crippen molar-refractivity contribution in [2.75, 3.05) is 124 Å². The first-order chi connectivity index (χ1) is 25.6. The average molecular weight is 771 g/mol. The fraction of sp³-hybridized carbons (Fsp3) is 0.571. The van der Waals surface area contributed by atoms with Gasteiger partial charge in [0.1, 0.15) is 16.4 Å². The van der Waals surface area contributed by atoms with E-state index in [9.17, 15) is 22.8 Å². The fourth-order valence-electron chi connectivity index (χ4n) is 5.07. The average Bonchev–Trinajstić information content (AvgIpc) is 3.38. The van der Waals surface area contributed by atoms with Crippen molar-refractivity contribution in [2.24, 2.45) is 0 Å². The van der Waals surface area contributed by atoms with Gasteiger partial charge < -0.3 is 47.7 Å². The second-order valence-corrected chi connectivity index (χ2v) is 13.5. The number of aliphatic hydroxyl groups excluding tert-OH is 1. The maximum atomic E-state index is 13.8. The van der Waals surface area contributed by atoms with Crippen molar-refractivity contribution in [3.63, 3.8) is 0 Å². The van der Waals surface area contributed by atoms with Gasteiger partial charge in [-0.15, -0.1) is 0 Å². The van der Waals surface area contributed by atoms with Crippen LogP contribution in [0.15, 0.2) is 36.4 Å². The summed E-state index contributed by atoms with van der Waals surface area (Å²) >= 11 is 0. The van der Waals surface area contributed by atoms with Gasteiger partial charge in [-0.25, -0.2) is 13.2 Å². The Balaban J connectivity index is 1.38. The Kier molecular flexibility index (Phi) is 19.5. The number of hydrogen-bond donors (Lipinski definition) is 2. The number of nitrogens with zero attached hydrogens (tertiary/aromatic N) is 1. The van der Waals surface area contributed by atoms with E-state index in [0.29, 0.717) is 89.7 Å². The topological polar surface area (TPSA) is 204 Å². The highest BCUT2D eigenvalue weighted by atomic mass is 32.2. The Labute approximate surface area is 309 Å². The van der Waals surface area contributed by atoms with Crippen LogP contribution in [0.25, 0.3) is 0 Å². The zero-order valence-electron chi connectivity index (χ0n) is 30.4. The van der Waals surface area contributed by atoms with Crippen LogP contribution in [0.4, 0.5) is 10.5 Å². The van der Waals surface area contributed by atoms with Gasteiger partial charge in [0.05, 0.1) is 128 Å².